The summed E-state index contributed by atoms with van der Waals surface area (Å²) >= 11 is 0. The summed E-state index contributed by atoms with van der Waals surface area (Å²) in [6.45, 7) is 7.10. The first-order chi connectivity index (χ1) is 19.3. The van der Waals surface area contributed by atoms with Crippen LogP contribution < -0.4 is 5.46 Å². The van der Waals surface area contributed by atoms with Crippen molar-refractivity contribution in [2.45, 2.75) is 38.9 Å². The van der Waals surface area contributed by atoms with Gasteiger partial charge in [0.05, 0.1) is 29.0 Å². The Morgan fingerprint density at radius 1 is 0.621 bits per heavy atom. The molecule has 4 aromatic rings. The van der Waals surface area contributed by atoms with Crippen molar-refractivity contribution in [1.29, 1.82) is 0 Å². The second-order valence-electron chi connectivity index (χ2n) is 7.88. The van der Waals surface area contributed by atoms with Gasteiger partial charge in [0.1, 0.15) is 0 Å². The maximum absolute atomic E-state index is 8.97. The number of rotatable bonds is 2. The van der Waals surface area contributed by atoms with E-state index in [-0.39, 0.29) is 27.0 Å². The van der Waals surface area contributed by atoms with E-state index in [0.717, 1.165) is 0 Å². The van der Waals surface area contributed by atoms with Crippen LogP contribution in [0.2, 0.25) is 0 Å². The van der Waals surface area contributed by atoms with Gasteiger partial charge in [0.2, 0.25) is 0 Å². The van der Waals surface area contributed by atoms with E-state index in [9.17, 15) is 0 Å². The van der Waals surface area contributed by atoms with Crippen LogP contribution in [0.1, 0.15) is 45.5 Å². The van der Waals surface area contributed by atoms with Gasteiger partial charge in [-0.15, -0.1) is 0 Å². The molecule has 144 valence electrons. The Labute approximate surface area is 190 Å². The molecule has 1 saturated heterocycles. The zero-order chi connectivity index (χ0) is 31.5. The molecule has 0 saturated carbocycles. The molecule has 3 heteroatoms. The number of hydrogen-bond donors (Lipinski definition) is 0. The van der Waals surface area contributed by atoms with E-state index in [4.69, 9.17) is 27.1 Å². The summed E-state index contributed by atoms with van der Waals surface area (Å²) in [5, 5.41) is -1.38. The van der Waals surface area contributed by atoms with Crippen molar-refractivity contribution in [1.82, 2.24) is 0 Å². The van der Waals surface area contributed by atoms with E-state index in [1.54, 1.807) is 27.7 Å². The van der Waals surface area contributed by atoms with Gasteiger partial charge in [-0.1, -0.05) is 66.5 Å². The third-order valence-electron chi connectivity index (χ3n) is 5.38. The predicted molar refractivity (Wildman–Crippen MR) is 123 cm³/mol. The fourth-order valence-corrected chi connectivity index (χ4v) is 3.00. The van der Waals surface area contributed by atoms with E-state index < -0.39 is 108 Å². The molecule has 0 unspecified atom stereocenters. The Morgan fingerprint density at radius 2 is 1.10 bits per heavy atom. The van der Waals surface area contributed by atoms with E-state index in [0.29, 0.717) is 0 Å². The standard InChI is InChI=1S/C26H25BO2/c1-25(2)26(3,4)29-27(28-25)24-14-13-22-16-21(11-12-23(22)17-24)20-10-9-18-7-5-6-8-19(18)15-20/h5-17H,1-4H3/i5D,6D,7D,8D,9D,10D,11D,12D,13D,14D,15D,16D,17D. The van der Waals surface area contributed by atoms with Crippen molar-refractivity contribution >= 4 is 34.1 Å². The molecule has 1 fully saturated rings. The molecule has 5 rings (SSSR count). The van der Waals surface area contributed by atoms with Crippen LogP contribution in [0, 0.1) is 0 Å². The van der Waals surface area contributed by atoms with E-state index in [1.807, 2.05) is 0 Å². The maximum atomic E-state index is 8.97. The van der Waals surface area contributed by atoms with Crippen LogP contribution in [0.25, 0.3) is 32.7 Å². The minimum absolute atomic E-state index is 0.135. The highest BCUT2D eigenvalue weighted by atomic mass is 16.7. The average Bonchev–Trinajstić information content (AvgIpc) is 3.12. The molecule has 1 aliphatic rings. The fraction of sp³-hybridized carbons (Fsp3) is 0.231. The first kappa shape index (κ1) is 9.03. The van der Waals surface area contributed by atoms with Crippen molar-refractivity contribution in [3.05, 3.63) is 78.6 Å². The van der Waals surface area contributed by atoms with Gasteiger partial charge < -0.3 is 9.31 Å². The molecule has 0 spiro atoms. The van der Waals surface area contributed by atoms with Crippen molar-refractivity contribution in [2.75, 3.05) is 0 Å². The monoisotopic (exact) mass is 393 g/mol. The number of hydrogen-bond acceptors (Lipinski definition) is 2. The van der Waals surface area contributed by atoms with Gasteiger partial charge in [-0.25, -0.2) is 0 Å². The van der Waals surface area contributed by atoms with Gasteiger partial charge in [0.25, 0.3) is 0 Å². The van der Waals surface area contributed by atoms with Crippen LogP contribution >= 0.6 is 0 Å². The molecule has 0 N–H and O–H groups in total. The van der Waals surface area contributed by atoms with Gasteiger partial charge >= 0.3 is 7.12 Å². The van der Waals surface area contributed by atoms with Gasteiger partial charge in [-0.3, -0.25) is 0 Å². The highest BCUT2D eigenvalue weighted by molar-refractivity contribution is 6.62. The molecular weight excluding hydrogens is 355 g/mol. The lowest BCUT2D eigenvalue weighted by atomic mass is 9.78. The van der Waals surface area contributed by atoms with Crippen molar-refractivity contribution in [3.8, 4) is 11.1 Å². The van der Waals surface area contributed by atoms with E-state index >= 15 is 0 Å². The normalized spacial score (nSPS) is 24.1. The Bertz CT molecular complexity index is 1870. The second-order valence-corrected chi connectivity index (χ2v) is 7.88. The smallest absolute Gasteiger partial charge is 0.399 e. The minimum Gasteiger partial charge on any atom is -0.399 e. The van der Waals surface area contributed by atoms with Crippen molar-refractivity contribution in [2.24, 2.45) is 0 Å². The first-order valence-corrected chi connectivity index (χ1v) is 9.17. The molecule has 0 bridgehead atoms. The van der Waals surface area contributed by atoms with Gasteiger partial charge in [0.15, 0.2) is 0 Å². The molecule has 0 aliphatic carbocycles. The Hall–Kier alpha value is -2.62. The summed E-state index contributed by atoms with van der Waals surface area (Å²) in [6.07, 6.45) is 0. The van der Waals surface area contributed by atoms with Crippen LogP contribution in [0.5, 0.6) is 0 Å². The molecule has 4 aromatic carbocycles. The molecule has 0 radical (unpaired) electrons. The molecule has 0 amide bonds. The molecule has 0 aromatic heterocycles. The van der Waals surface area contributed by atoms with Crippen LogP contribution in [-0.4, -0.2) is 18.3 Å². The third kappa shape index (κ3) is 3.15. The number of benzene rings is 4. The maximum Gasteiger partial charge on any atom is 0.494 e. The van der Waals surface area contributed by atoms with Crippen LogP contribution in [-0.2, 0) is 9.31 Å². The molecule has 2 nitrogen and oxygen atoms in total. The van der Waals surface area contributed by atoms with Gasteiger partial charge in [-0.05, 0) is 77.9 Å². The average molecular weight is 393 g/mol. The van der Waals surface area contributed by atoms with Gasteiger partial charge in [0, 0.05) is 0 Å². The molecule has 0 atom stereocenters. The lowest BCUT2D eigenvalue weighted by molar-refractivity contribution is 0.00578. The Morgan fingerprint density at radius 3 is 1.76 bits per heavy atom. The summed E-state index contributed by atoms with van der Waals surface area (Å²) < 4.78 is 123. The summed E-state index contributed by atoms with van der Waals surface area (Å²) in [5.74, 6) is 0. The van der Waals surface area contributed by atoms with E-state index in [2.05, 4.69) is 0 Å². The highest BCUT2D eigenvalue weighted by Gasteiger charge is 2.51. The zero-order valence-corrected chi connectivity index (χ0v) is 16.4. The molecular formula is C26H25BO2. The first-order valence-electron chi connectivity index (χ1n) is 15.7. The summed E-state index contributed by atoms with van der Waals surface area (Å²) in [6, 6.07) is -7.95. The fourth-order valence-electron chi connectivity index (χ4n) is 3.00. The lowest BCUT2D eigenvalue weighted by Gasteiger charge is -2.32. The SMILES string of the molecule is [2H]c1c([2H])c([2H])c2c([2H])c(-c3c([2H])c([2H])c4c([2H])c(B5OC(C)(C)C(C)(C)O5)c([2H])c([2H])c4c3[2H])c([2H])c([2H])c2c1[2H]. The van der Waals surface area contributed by atoms with Crippen molar-refractivity contribution < 1.29 is 27.1 Å². The topological polar surface area (TPSA) is 18.5 Å². The second kappa shape index (κ2) is 6.45. The summed E-state index contributed by atoms with van der Waals surface area (Å²) in [5.41, 5.74) is -2.78. The largest absolute Gasteiger partial charge is 0.494 e. The summed E-state index contributed by atoms with van der Waals surface area (Å²) in [4.78, 5) is 0. The van der Waals surface area contributed by atoms with Crippen molar-refractivity contribution in [3.63, 3.8) is 0 Å². The zero-order valence-electron chi connectivity index (χ0n) is 29.4. The predicted octanol–water partition coefficient (Wildman–Crippen LogP) is 5.96. The third-order valence-corrected chi connectivity index (χ3v) is 5.38. The Kier molecular flexibility index (Phi) is 2.01. The molecule has 29 heavy (non-hydrogen) atoms. The quantitative estimate of drug-likeness (QED) is 0.391. The minimum atomic E-state index is -1.23. The van der Waals surface area contributed by atoms with Gasteiger partial charge in [-0.2, -0.15) is 0 Å². The molecule has 1 heterocycles. The lowest BCUT2D eigenvalue weighted by Crippen LogP contribution is -2.41. The van der Waals surface area contributed by atoms with E-state index in [1.165, 1.54) is 0 Å². The number of fused-ring (bicyclic) bond motifs is 2. The van der Waals surface area contributed by atoms with Crippen LogP contribution in [0.3, 0.4) is 0 Å². The highest BCUT2D eigenvalue weighted by Crippen LogP contribution is 2.36. The summed E-state index contributed by atoms with van der Waals surface area (Å²) in [7, 11) is -1.23. The molecule has 1 aliphatic heterocycles. The van der Waals surface area contributed by atoms with Crippen LogP contribution in [0.4, 0.5) is 0 Å². The van der Waals surface area contributed by atoms with Crippen LogP contribution in [0.15, 0.2) is 78.6 Å². The Balaban J connectivity index is 1.90.